The summed E-state index contributed by atoms with van der Waals surface area (Å²) in [5.74, 6) is 0. The maximum Gasteiger partial charge on any atom is 0.00669 e. The van der Waals surface area contributed by atoms with Crippen molar-refractivity contribution < 1.29 is 0 Å². The van der Waals surface area contributed by atoms with Crippen LogP contribution in [0.5, 0.6) is 0 Å². The molecule has 0 spiro atoms. The van der Waals surface area contributed by atoms with E-state index in [4.69, 9.17) is 0 Å². The lowest BCUT2D eigenvalue weighted by Gasteiger charge is -2.21. The average Bonchev–Trinajstić information content (AvgIpc) is 2.57. The van der Waals surface area contributed by atoms with Crippen LogP contribution in [0.1, 0.15) is 85.5 Å². The van der Waals surface area contributed by atoms with Crippen molar-refractivity contribution in [2.24, 2.45) is 0 Å². The van der Waals surface area contributed by atoms with E-state index in [1.807, 2.05) is 14.1 Å². The molecule has 0 aromatic heterocycles. The van der Waals surface area contributed by atoms with Crippen LogP contribution in [-0.2, 0) is 0 Å². The summed E-state index contributed by atoms with van der Waals surface area (Å²) in [5, 5.41) is 9.64. The molecule has 22 heavy (non-hydrogen) atoms. The minimum atomic E-state index is 0.705. The SMILES string of the molecule is CCCCCC(C)NC.CCNC.CCNC1CCCCC1. The summed E-state index contributed by atoms with van der Waals surface area (Å²) >= 11 is 0. The van der Waals surface area contributed by atoms with E-state index >= 15 is 0 Å². The minimum absolute atomic E-state index is 0.705. The van der Waals surface area contributed by atoms with Crippen molar-refractivity contribution in [3.63, 3.8) is 0 Å². The molecule has 0 heterocycles. The molecule has 0 amide bonds. The van der Waals surface area contributed by atoms with Crippen LogP contribution in [0.2, 0.25) is 0 Å². The van der Waals surface area contributed by atoms with Gasteiger partial charge in [-0.25, -0.2) is 0 Å². The largest absolute Gasteiger partial charge is 0.320 e. The molecule has 1 fully saturated rings. The van der Waals surface area contributed by atoms with E-state index in [9.17, 15) is 0 Å². The molecule has 1 rings (SSSR count). The molecule has 0 bridgehead atoms. The fraction of sp³-hybridized carbons (Fsp3) is 1.00. The second-order valence-corrected chi connectivity index (χ2v) is 6.29. The van der Waals surface area contributed by atoms with Crippen LogP contribution in [0.3, 0.4) is 0 Å². The highest BCUT2D eigenvalue weighted by atomic mass is 14.9. The van der Waals surface area contributed by atoms with E-state index in [0.717, 1.165) is 19.1 Å². The second kappa shape index (κ2) is 20.9. The van der Waals surface area contributed by atoms with Crippen LogP contribution >= 0.6 is 0 Å². The Kier molecular flexibility index (Phi) is 22.9. The van der Waals surface area contributed by atoms with Crippen LogP contribution in [0.25, 0.3) is 0 Å². The van der Waals surface area contributed by atoms with Gasteiger partial charge in [0.2, 0.25) is 0 Å². The summed E-state index contributed by atoms with van der Waals surface area (Å²) in [7, 11) is 3.95. The van der Waals surface area contributed by atoms with Gasteiger partial charge in [0.25, 0.3) is 0 Å². The van der Waals surface area contributed by atoms with Crippen molar-refractivity contribution in [3.8, 4) is 0 Å². The summed E-state index contributed by atoms with van der Waals surface area (Å²) in [6.07, 6.45) is 12.6. The molecule has 1 aliphatic rings. The van der Waals surface area contributed by atoms with Gasteiger partial charge < -0.3 is 16.0 Å². The highest BCUT2D eigenvalue weighted by molar-refractivity contribution is 4.70. The Hall–Kier alpha value is -0.120. The Balaban J connectivity index is 0. The summed E-state index contributed by atoms with van der Waals surface area (Å²) in [6, 6.07) is 1.56. The quantitative estimate of drug-likeness (QED) is 0.584. The van der Waals surface area contributed by atoms with Crippen molar-refractivity contribution >= 4 is 0 Å². The Bertz CT molecular complexity index is 175. The summed E-state index contributed by atoms with van der Waals surface area (Å²) in [5.41, 5.74) is 0. The Labute approximate surface area is 141 Å². The van der Waals surface area contributed by atoms with Crippen molar-refractivity contribution in [1.29, 1.82) is 0 Å². The molecular weight excluding hydrogens is 270 g/mol. The highest BCUT2D eigenvalue weighted by Gasteiger charge is 2.10. The van der Waals surface area contributed by atoms with Gasteiger partial charge in [0, 0.05) is 12.1 Å². The molecule has 0 aromatic carbocycles. The van der Waals surface area contributed by atoms with Gasteiger partial charge in [0.1, 0.15) is 0 Å². The van der Waals surface area contributed by atoms with E-state index in [1.165, 1.54) is 57.8 Å². The molecule has 1 unspecified atom stereocenters. The average molecular weight is 316 g/mol. The molecule has 3 heteroatoms. The standard InChI is InChI=1S/C8H17N.C8H19N.C3H9N/c1-2-9-8-6-4-3-5-7-8;1-4-5-6-7-8(2)9-3;1-3-4-2/h8-9H,2-7H2,1H3;8-9H,4-7H2,1-3H3;4H,3H2,1-2H3. The van der Waals surface area contributed by atoms with Gasteiger partial charge in [-0.2, -0.15) is 0 Å². The Morgan fingerprint density at radius 1 is 0.909 bits per heavy atom. The van der Waals surface area contributed by atoms with Crippen molar-refractivity contribution in [3.05, 3.63) is 0 Å². The number of rotatable bonds is 8. The first-order valence-electron chi connectivity index (χ1n) is 9.71. The molecule has 1 atom stereocenters. The zero-order valence-corrected chi connectivity index (χ0v) is 16.4. The van der Waals surface area contributed by atoms with Crippen molar-refractivity contribution in [2.45, 2.75) is 97.6 Å². The smallest absolute Gasteiger partial charge is 0.00669 e. The molecule has 3 nitrogen and oxygen atoms in total. The predicted octanol–water partition coefficient (Wildman–Crippen LogP) is 4.33. The Morgan fingerprint density at radius 2 is 1.50 bits per heavy atom. The third-order valence-corrected chi connectivity index (χ3v) is 4.19. The van der Waals surface area contributed by atoms with E-state index in [2.05, 4.69) is 43.6 Å². The molecular formula is C19H45N3. The summed E-state index contributed by atoms with van der Waals surface area (Å²) < 4.78 is 0. The number of hydrogen-bond acceptors (Lipinski definition) is 3. The third kappa shape index (κ3) is 19.9. The van der Waals surface area contributed by atoms with Crippen LogP contribution in [0, 0.1) is 0 Å². The van der Waals surface area contributed by atoms with Crippen LogP contribution in [0.4, 0.5) is 0 Å². The predicted molar refractivity (Wildman–Crippen MR) is 103 cm³/mol. The fourth-order valence-electron chi connectivity index (χ4n) is 2.44. The highest BCUT2D eigenvalue weighted by Crippen LogP contribution is 2.16. The first-order valence-corrected chi connectivity index (χ1v) is 9.71. The summed E-state index contributed by atoms with van der Waals surface area (Å²) in [6.45, 7) is 10.9. The monoisotopic (exact) mass is 315 g/mol. The maximum atomic E-state index is 3.48. The van der Waals surface area contributed by atoms with E-state index in [1.54, 1.807) is 0 Å². The van der Waals surface area contributed by atoms with Crippen molar-refractivity contribution in [2.75, 3.05) is 27.2 Å². The van der Waals surface area contributed by atoms with Gasteiger partial charge in [-0.15, -0.1) is 0 Å². The lowest BCUT2D eigenvalue weighted by atomic mass is 9.96. The van der Waals surface area contributed by atoms with Gasteiger partial charge in [0.15, 0.2) is 0 Å². The van der Waals surface area contributed by atoms with Crippen LogP contribution in [0.15, 0.2) is 0 Å². The van der Waals surface area contributed by atoms with Gasteiger partial charge in [-0.05, 0) is 53.4 Å². The normalized spacial score (nSPS) is 16.1. The summed E-state index contributed by atoms with van der Waals surface area (Å²) in [4.78, 5) is 0. The fourth-order valence-corrected chi connectivity index (χ4v) is 2.44. The van der Waals surface area contributed by atoms with E-state index in [0.29, 0.717) is 6.04 Å². The van der Waals surface area contributed by atoms with E-state index < -0.39 is 0 Å². The lowest BCUT2D eigenvalue weighted by Crippen LogP contribution is -2.30. The molecule has 0 aromatic rings. The molecule has 1 aliphatic carbocycles. The third-order valence-electron chi connectivity index (χ3n) is 4.19. The second-order valence-electron chi connectivity index (χ2n) is 6.29. The first kappa shape index (κ1) is 24.1. The molecule has 3 N–H and O–H groups in total. The van der Waals surface area contributed by atoms with Crippen molar-refractivity contribution in [1.82, 2.24) is 16.0 Å². The lowest BCUT2D eigenvalue weighted by molar-refractivity contribution is 0.380. The van der Waals surface area contributed by atoms with Crippen LogP contribution in [-0.4, -0.2) is 39.3 Å². The number of unbranched alkanes of at least 4 members (excludes halogenated alkanes) is 2. The molecule has 136 valence electrons. The number of nitrogens with one attached hydrogen (secondary N) is 3. The zero-order valence-electron chi connectivity index (χ0n) is 16.4. The zero-order chi connectivity index (χ0) is 17.1. The van der Waals surface area contributed by atoms with Gasteiger partial charge in [-0.1, -0.05) is 59.3 Å². The molecule has 1 saturated carbocycles. The van der Waals surface area contributed by atoms with Gasteiger partial charge in [0.05, 0.1) is 0 Å². The van der Waals surface area contributed by atoms with Gasteiger partial charge in [-0.3, -0.25) is 0 Å². The van der Waals surface area contributed by atoms with E-state index in [-0.39, 0.29) is 0 Å². The minimum Gasteiger partial charge on any atom is -0.320 e. The number of hydrogen-bond donors (Lipinski definition) is 3. The van der Waals surface area contributed by atoms with Crippen LogP contribution < -0.4 is 16.0 Å². The van der Waals surface area contributed by atoms with Gasteiger partial charge >= 0.3 is 0 Å². The maximum absolute atomic E-state index is 3.48. The molecule has 0 aliphatic heterocycles. The topological polar surface area (TPSA) is 36.1 Å². The Morgan fingerprint density at radius 3 is 1.91 bits per heavy atom. The molecule has 0 saturated heterocycles. The first-order chi connectivity index (χ1) is 10.7. The molecule has 0 radical (unpaired) electrons.